The summed E-state index contributed by atoms with van der Waals surface area (Å²) in [6.07, 6.45) is 7.98. The average molecular weight is 486 g/mol. The molecule has 0 radical (unpaired) electrons. The first-order valence-corrected chi connectivity index (χ1v) is 12.8. The van der Waals surface area contributed by atoms with E-state index in [0.717, 1.165) is 12.8 Å². The molecule has 3 aromatic rings. The van der Waals surface area contributed by atoms with Gasteiger partial charge in [-0.3, -0.25) is 0 Å². The van der Waals surface area contributed by atoms with Gasteiger partial charge in [0.1, 0.15) is 5.82 Å². The van der Waals surface area contributed by atoms with Crippen molar-refractivity contribution in [2.45, 2.75) is 43.0 Å². The number of nitrogens with zero attached hydrogens (tertiary/aromatic N) is 7. The number of methoxy groups -OCH3 is 1. The molecule has 0 bridgehead atoms. The van der Waals surface area contributed by atoms with E-state index >= 15 is 0 Å². The van der Waals surface area contributed by atoms with E-state index in [1.165, 1.54) is 32.6 Å². The van der Waals surface area contributed by atoms with Gasteiger partial charge in [-0.2, -0.15) is 4.98 Å². The Kier molecular flexibility index (Phi) is 7.01. The minimum Gasteiger partial charge on any atom is -0.451 e. The summed E-state index contributed by atoms with van der Waals surface area (Å²) in [5.41, 5.74) is 1.41. The molecule has 1 saturated carbocycles. The highest BCUT2D eigenvalue weighted by molar-refractivity contribution is 7.93. The number of benzene rings is 1. The Morgan fingerprint density at radius 1 is 1.21 bits per heavy atom. The molecule has 34 heavy (non-hydrogen) atoms. The number of carbonyl (C=O) groups is 1. The highest BCUT2D eigenvalue weighted by Crippen LogP contribution is 2.29. The van der Waals surface area contributed by atoms with Crippen LogP contribution in [0.3, 0.4) is 0 Å². The number of anilines is 3. The van der Waals surface area contributed by atoms with Gasteiger partial charge in [0.15, 0.2) is 5.82 Å². The lowest BCUT2D eigenvalue weighted by Gasteiger charge is -2.24. The fourth-order valence-electron chi connectivity index (χ4n) is 3.77. The van der Waals surface area contributed by atoms with Gasteiger partial charge in [-0.1, -0.05) is 19.3 Å². The van der Waals surface area contributed by atoms with Gasteiger partial charge in [-0.05, 0) is 47.5 Å². The Morgan fingerprint density at radius 2 is 1.94 bits per heavy atom. The summed E-state index contributed by atoms with van der Waals surface area (Å²) < 4.78 is 22.4. The Bertz CT molecular complexity index is 1280. The summed E-state index contributed by atoms with van der Waals surface area (Å²) in [5.74, 6) is 1.62. The summed E-state index contributed by atoms with van der Waals surface area (Å²) in [7, 11) is 0.0530. The first-order valence-electron chi connectivity index (χ1n) is 10.9. The number of carbonyl (C=O) groups excluding carboxylic acids is 1. The first-order chi connectivity index (χ1) is 16.4. The van der Waals surface area contributed by atoms with Crippen molar-refractivity contribution < 1.29 is 13.7 Å². The molecule has 12 nitrogen and oxygen atoms in total. The number of nitrogens with one attached hydrogen (secondary N) is 2. The Hall–Kier alpha value is -3.61. The molecule has 0 aliphatic heterocycles. The molecule has 1 atom stereocenters. The van der Waals surface area contributed by atoms with Crippen LogP contribution in [0.15, 0.2) is 39.7 Å². The van der Waals surface area contributed by atoms with Gasteiger partial charge < -0.3 is 15.4 Å². The molecule has 1 aliphatic carbocycles. The summed E-state index contributed by atoms with van der Waals surface area (Å²) in [6, 6.07) is 7.05. The van der Waals surface area contributed by atoms with Crippen molar-refractivity contribution in [3.8, 4) is 11.4 Å². The summed E-state index contributed by atoms with van der Waals surface area (Å²) in [6.45, 7) is 0. The van der Waals surface area contributed by atoms with E-state index in [-0.39, 0.29) is 0 Å². The molecule has 1 amide bonds. The van der Waals surface area contributed by atoms with Crippen molar-refractivity contribution >= 4 is 33.3 Å². The lowest BCUT2D eigenvalue weighted by molar-refractivity contribution is 0.183. The standard InChI is InChI=1S/C21H27N9O3S/c1-30-19(26-28-29-30)17-13-22-20(25-18(17)23-14-7-5-4-6-8-14)24-15-9-11-16(12-10-15)34(3,32)27-21(31)33-2/h9-14H,4-8H2,1-3H3,(H2,22,23,24,25). The molecule has 2 N–H and O–H groups in total. The number of rotatable bonds is 6. The van der Waals surface area contributed by atoms with Crippen molar-refractivity contribution in [2.75, 3.05) is 24.0 Å². The summed E-state index contributed by atoms with van der Waals surface area (Å²) in [5, 5.41) is 18.5. The van der Waals surface area contributed by atoms with Gasteiger partial charge in [-0.25, -0.2) is 18.7 Å². The molecule has 0 saturated heterocycles. The number of hydrogen-bond donors (Lipinski definition) is 2. The Morgan fingerprint density at radius 3 is 2.59 bits per heavy atom. The zero-order valence-corrected chi connectivity index (χ0v) is 20.1. The van der Waals surface area contributed by atoms with E-state index in [4.69, 9.17) is 4.98 Å². The van der Waals surface area contributed by atoms with Crippen LogP contribution in [0.4, 0.5) is 22.2 Å². The van der Waals surface area contributed by atoms with Gasteiger partial charge in [0.2, 0.25) is 5.95 Å². The van der Waals surface area contributed by atoms with E-state index in [1.807, 2.05) is 0 Å². The maximum atomic E-state index is 12.7. The third kappa shape index (κ3) is 5.47. The maximum absolute atomic E-state index is 12.7. The van der Waals surface area contributed by atoms with E-state index in [2.05, 4.69) is 40.2 Å². The zero-order valence-electron chi connectivity index (χ0n) is 19.3. The van der Waals surface area contributed by atoms with Crippen molar-refractivity contribution in [3.05, 3.63) is 30.5 Å². The molecular weight excluding hydrogens is 458 g/mol. The highest BCUT2D eigenvalue weighted by Gasteiger charge is 2.20. The highest BCUT2D eigenvalue weighted by atomic mass is 32.2. The molecule has 1 unspecified atom stereocenters. The number of tetrazole rings is 1. The minimum atomic E-state index is -2.91. The van der Waals surface area contributed by atoms with Gasteiger partial charge >= 0.3 is 6.09 Å². The third-order valence-corrected chi connectivity index (χ3v) is 7.21. The lowest BCUT2D eigenvalue weighted by atomic mass is 9.95. The van der Waals surface area contributed by atoms with Crippen LogP contribution in [0.1, 0.15) is 32.1 Å². The number of hydrogen-bond acceptors (Lipinski definition) is 10. The quantitative estimate of drug-likeness (QED) is 0.532. The molecule has 1 fully saturated rings. The van der Waals surface area contributed by atoms with Crippen molar-refractivity contribution in [3.63, 3.8) is 0 Å². The molecule has 180 valence electrons. The molecule has 0 spiro atoms. The van der Waals surface area contributed by atoms with Crippen LogP contribution in [0.25, 0.3) is 11.4 Å². The molecule has 2 heterocycles. The summed E-state index contributed by atoms with van der Waals surface area (Å²) in [4.78, 5) is 21.0. The lowest BCUT2D eigenvalue weighted by Crippen LogP contribution is -2.23. The second-order valence-corrected chi connectivity index (χ2v) is 10.3. The van der Waals surface area contributed by atoms with Crippen LogP contribution < -0.4 is 10.6 Å². The number of aromatic nitrogens is 6. The van der Waals surface area contributed by atoms with Gasteiger partial charge in [0, 0.05) is 36.1 Å². The topological polar surface area (TPSA) is 149 Å². The number of ether oxygens (including phenoxy) is 1. The van der Waals surface area contributed by atoms with Crippen molar-refractivity contribution in [1.82, 2.24) is 30.2 Å². The minimum absolute atomic E-state index is 0.326. The summed E-state index contributed by atoms with van der Waals surface area (Å²) >= 11 is 0. The van der Waals surface area contributed by atoms with E-state index < -0.39 is 15.8 Å². The molecule has 13 heteroatoms. The SMILES string of the molecule is COC(=O)N=S(C)(=O)c1ccc(Nc2ncc(-c3nnnn3C)c(NC3CCCCC3)n2)cc1. The normalized spacial score (nSPS) is 15.9. The largest absolute Gasteiger partial charge is 0.451 e. The van der Waals surface area contributed by atoms with Gasteiger partial charge in [0.25, 0.3) is 0 Å². The predicted octanol–water partition coefficient (Wildman–Crippen LogP) is 3.38. The molecule has 1 aliphatic rings. The van der Waals surface area contributed by atoms with Crippen LogP contribution in [0.2, 0.25) is 0 Å². The average Bonchev–Trinajstić information content (AvgIpc) is 3.25. The van der Waals surface area contributed by atoms with Crippen LogP contribution in [0, 0.1) is 0 Å². The predicted molar refractivity (Wildman–Crippen MR) is 127 cm³/mol. The van der Waals surface area contributed by atoms with Crippen LogP contribution in [-0.2, 0) is 21.5 Å². The molecule has 1 aromatic carbocycles. The van der Waals surface area contributed by atoms with E-state index in [9.17, 15) is 9.00 Å². The van der Waals surface area contributed by atoms with Crippen molar-refractivity contribution in [1.29, 1.82) is 0 Å². The third-order valence-electron chi connectivity index (χ3n) is 5.57. The second kappa shape index (κ2) is 10.1. The second-order valence-electron chi connectivity index (χ2n) is 8.07. The fraction of sp³-hybridized carbons (Fsp3) is 0.429. The Labute approximate surface area is 197 Å². The maximum Gasteiger partial charge on any atom is 0.441 e. The van der Waals surface area contributed by atoms with Gasteiger partial charge in [-0.15, -0.1) is 9.46 Å². The van der Waals surface area contributed by atoms with Crippen LogP contribution in [0.5, 0.6) is 0 Å². The molecule has 2 aromatic heterocycles. The fourth-order valence-corrected chi connectivity index (χ4v) is 4.87. The Balaban J connectivity index is 1.59. The first kappa shape index (κ1) is 23.5. The van der Waals surface area contributed by atoms with Crippen LogP contribution in [-0.4, -0.2) is 59.9 Å². The molecule has 4 rings (SSSR count). The van der Waals surface area contributed by atoms with Crippen molar-refractivity contribution in [2.24, 2.45) is 11.4 Å². The number of amides is 1. The van der Waals surface area contributed by atoms with Gasteiger partial charge in [0.05, 0.1) is 22.4 Å². The van der Waals surface area contributed by atoms with E-state index in [0.29, 0.717) is 39.8 Å². The molecular formula is C21H27N9O3S. The van der Waals surface area contributed by atoms with E-state index in [1.54, 1.807) is 42.2 Å². The number of aryl methyl sites for hydroxylation is 1. The smallest absolute Gasteiger partial charge is 0.441 e. The zero-order chi connectivity index (χ0) is 24.1. The monoisotopic (exact) mass is 485 g/mol. The van der Waals surface area contributed by atoms with Crippen LogP contribution >= 0.6 is 0 Å².